The largest absolute Gasteiger partial charge is 0.396 e. The molecule has 0 spiro atoms. The van der Waals surface area contributed by atoms with E-state index in [4.69, 9.17) is 0 Å². The van der Waals surface area contributed by atoms with Gasteiger partial charge in [-0.3, -0.25) is 9.59 Å². The first-order chi connectivity index (χ1) is 16.1. The average molecular weight is 478 g/mol. The fraction of sp³-hybridized carbons (Fsp3) is 0.774. The number of aliphatic hydroxyl groups is 1. The standard InChI is InChI=1S/C31H43NO3/c1-26(2)10-12-31(18-33)13-11-30(7)24(20(31)16-26)21(34)14-23-28(5)15-19(17-32)25(35)27(3,4)22(28)8-9-29(23,30)6/h14-15,20,22,24,33H,8-13,16,18H2,1-7H3. The molecule has 0 bridgehead atoms. The van der Waals surface area contributed by atoms with Gasteiger partial charge in [-0.2, -0.15) is 5.26 Å². The number of nitrogens with zero attached hydrogens (tertiary/aromatic N) is 1. The van der Waals surface area contributed by atoms with E-state index in [1.165, 1.54) is 0 Å². The van der Waals surface area contributed by atoms with E-state index in [0.29, 0.717) is 0 Å². The summed E-state index contributed by atoms with van der Waals surface area (Å²) in [6.07, 6.45) is 10.7. The molecule has 1 N–H and O–H groups in total. The van der Waals surface area contributed by atoms with Gasteiger partial charge in [-0.15, -0.1) is 0 Å². The molecule has 0 heterocycles. The SMILES string of the molecule is CC1(C)CCC2(CO)CCC3(C)C(C(=O)C=C4C5(C)C=C(C#N)C(=O)C(C)(C)C5CCC43C)C2C1. The van der Waals surface area contributed by atoms with Crippen molar-refractivity contribution in [2.75, 3.05) is 6.61 Å². The van der Waals surface area contributed by atoms with E-state index >= 15 is 0 Å². The molecular formula is C31H43NO3. The molecule has 4 heteroatoms. The third-order valence-corrected chi connectivity index (χ3v) is 12.4. The van der Waals surface area contributed by atoms with Gasteiger partial charge in [-0.05, 0) is 84.5 Å². The molecule has 3 fully saturated rings. The van der Waals surface area contributed by atoms with E-state index in [1.54, 1.807) is 0 Å². The molecule has 0 amide bonds. The number of rotatable bonds is 1. The summed E-state index contributed by atoms with van der Waals surface area (Å²) in [4.78, 5) is 27.4. The van der Waals surface area contributed by atoms with Crippen LogP contribution >= 0.6 is 0 Å². The summed E-state index contributed by atoms with van der Waals surface area (Å²) in [6.45, 7) is 15.7. The van der Waals surface area contributed by atoms with E-state index in [-0.39, 0.29) is 63.2 Å². The molecule has 3 saturated carbocycles. The van der Waals surface area contributed by atoms with Crippen LogP contribution in [0.15, 0.2) is 23.3 Å². The second-order valence-electron chi connectivity index (χ2n) is 14.8. The number of Topliss-reactive ketones (excluding diaryl/α,β-unsaturated/α-hetero) is 1. The van der Waals surface area contributed by atoms with Gasteiger partial charge in [0.2, 0.25) is 0 Å². The molecule has 5 rings (SSSR count). The van der Waals surface area contributed by atoms with Gasteiger partial charge in [-0.1, -0.05) is 60.1 Å². The maximum atomic E-state index is 14.2. The summed E-state index contributed by atoms with van der Waals surface area (Å²) < 4.78 is 0. The second-order valence-corrected chi connectivity index (χ2v) is 14.8. The molecule has 35 heavy (non-hydrogen) atoms. The van der Waals surface area contributed by atoms with Crippen LogP contribution in [-0.4, -0.2) is 23.3 Å². The Morgan fingerprint density at radius 3 is 2.29 bits per heavy atom. The van der Waals surface area contributed by atoms with Gasteiger partial charge < -0.3 is 5.11 Å². The van der Waals surface area contributed by atoms with Crippen LogP contribution in [0.3, 0.4) is 0 Å². The lowest BCUT2D eigenvalue weighted by atomic mass is 9.34. The number of fused-ring (bicyclic) bond motifs is 7. The molecule has 190 valence electrons. The number of carbonyl (C=O) groups is 2. The van der Waals surface area contributed by atoms with Gasteiger partial charge in [0.15, 0.2) is 11.6 Å². The minimum Gasteiger partial charge on any atom is -0.396 e. The van der Waals surface area contributed by atoms with Crippen LogP contribution in [0.4, 0.5) is 0 Å². The molecule has 0 radical (unpaired) electrons. The third-order valence-electron chi connectivity index (χ3n) is 12.4. The lowest BCUT2D eigenvalue weighted by Crippen LogP contribution is -2.65. The van der Waals surface area contributed by atoms with Gasteiger partial charge in [0.25, 0.3) is 0 Å². The highest BCUT2D eigenvalue weighted by atomic mass is 16.3. The number of nitriles is 1. The van der Waals surface area contributed by atoms with Crippen molar-refractivity contribution in [2.45, 2.75) is 93.4 Å². The fourth-order valence-electron chi connectivity index (χ4n) is 10.0. The van der Waals surface area contributed by atoms with E-state index in [0.717, 1.165) is 50.5 Å². The highest BCUT2D eigenvalue weighted by molar-refractivity contribution is 6.04. The number of aliphatic hydroxyl groups excluding tert-OH is 1. The van der Waals surface area contributed by atoms with Gasteiger partial charge in [0.1, 0.15) is 6.07 Å². The van der Waals surface area contributed by atoms with Crippen molar-refractivity contribution in [3.63, 3.8) is 0 Å². The second kappa shape index (κ2) is 7.18. The van der Waals surface area contributed by atoms with Gasteiger partial charge in [0, 0.05) is 23.4 Å². The van der Waals surface area contributed by atoms with Crippen LogP contribution in [-0.2, 0) is 9.59 Å². The van der Waals surface area contributed by atoms with E-state index in [2.05, 4.69) is 40.7 Å². The summed E-state index contributed by atoms with van der Waals surface area (Å²) >= 11 is 0. The Labute approximate surface area is 211 Å². The summed E-state index contributed by atoms with van der Waals surface area (Å²) in [7, 11) is 0. The minimum absolute atomic E-state index is 0.0623. The number of hydrogen-bond acceptors (Lipinski definition) is 4. The normalized spacial score (nSPS) is 47.8. The summed E-state index contributed by atoms with van der Waals surface area (Å²) in [5.41, 5.74) is -0.0982. The molecule has 4 nitrogen and oxygen atoms in total. The first kappa shape index (κ1) is 24.9. The Morgan fingerprint density at radius 2 is 1.66 bits per heavy atom. The summed E-state index contributed by atoms with van der Waals surface area (Å²) in [6, 6.07) is 2.18. The Balaban J connectivity index is 1.70. The number of ketones is 2. The highest BCUT2D eigenvalue weighted by Crippen LogP contribution is 2.74. The average Bonchev–Trinajstić information content (AvgIpc) is 2.77. The first-order valence-corrected chi connectivity index (χ1v) is 13.7. The monoisotopic (exact) mass is 477 g/mol. The summed E-state index contributed by atoms with van der Waals surface area (Å²) in [5.74, 6) is 0.323. The van der Waals surface area contributed by atoms with Crippen molar-refractivity contribution >= 4 is 11.6 Å². The maximum absolute atomic E-state index is 14.2. The molecule has 0 aliphatic heterocycles. The van der Waals surface area contributed by atoms with Crippen molar-refractivity contribution in [3.8, 4) is 6.07 Å². The molecule has 0 saturated heterocycles. The van der Waals surface area contributed by atoms with Crippen molar-refractivity contribution in [1.29, 1.82) is 5.26 Å². The molecule has 7 unspecified atom stereocenters. The van der Waals surface area contributed by atoms with E-state index in [9.17, 15) is 20.0 Å². The zero-order valence-corrected chi connectivity index (χ0v) is 22.8. The van der Waals surface area contributed by atoms with Crippen LogP contribution in [0.5, 0.6) is 0 Å². The molecule has 0 aromatic heterocycles. The van der Waals surface area contributed by atoms with Crippen molar-refractivity contribution in [2.24, 2.45) is 50.2 Å². The Kier molecular flexibility index (Phi) is 5.12. The van der Waals surface area contributed by atoms with Crippen LogP contribution in [0, 0.1) is 61.6 Å². The number of hydrogen-bond donors (Lipinski definition) is 1. The fourth-order valence-corrected chi connectivity index (χ4v) is 10.0. The van der Waals surface area contributed by atoms with E-state index < -0.39 is 10.8 Å². The lowest BCUT2D eigenvalue weighted by Gasteiger charge is -2.69. The lowest BCUT2D eigenvalue weighted by molar-refractivity contribution is -0.177. The zero-order chi connectivity index (χ0) is 25.8. The summed E-state index contributed by atoms with van der Waals surface area (Å²) in [5, 5.41) is 20.5. The van der Waals surface area contributed by atoms with Gasteiger partial charge in [0.05, 0.1) is 5.57 Å². The smallest absolute Gasteiger partial charge is 0.178 e. The van der Waals surface area contributed by atoms with Crippen LogP contribution in [0.25, 0.3) is 0 Å². The molecule has 5 aliphatic carbocycles. The van der Waals surface area contributed by atoms with Crippen molar-refractivity contribution < 1.29 is 14.7 Å². The first-order valence-electron chi connectivity index (χ1n) is 13.7. The Hall–Kier alpha value is -1.73. The van der Waals surface area contributed by atoms with Gasteiger partial charge >= 0.3 is 0 Å². The molecular weight excluding hydrogens is 434 g/mol. The third kappa shape index (κ3) is 2.94. The molecule has 0 aromatic carbocycles. The Morgan fingerprint density at radius 1 is 1.00 bits per heavy atom. The van der Waals surface area contributed by atoms with Crippen molar-refractivity contribution in [1.82, 2.24) is 0 Å². The van der Waals surface area contributed by atoms with Crippen molar-refractivity contribution in [3.05, 3.63) is 23.3 Å². The zero-order valence-electron chi connectivity index (χ0n) is 22.8. The van der Waals surface area contributed by atoms with Crippen LogP contribution in [0.1, 0.15) is 93.4 Å². The van der Waals surface area contributed by atoms with Gasteiger partial charge in [-0.25, -0.2) is 0 Å². The molecule has 0 aromatic rings. The maximum Gasteiger partial charge on any atom is 0.178 e. The topological polar surface area (TPSA) is 78.2 Å². The minimum atomic E-state index is -0.635. The molecule has 5 aliphatic rings. The quantitative estimate of drug-likeness (QED) is 0.488. The predicted octanol–water partition coefficient (Wildman–Crippen LogP) is 6.20. The van der Waals surface area contributed by atoms with Crippen LogP contribution in [0.2, 0.25) is 0 Å². The van der Waals surface area contributed by atoms with E-state index in [1.807, 2.05) is 26.0 Å². The number of carbonyl (C=O) groups excluding carboxylic acids is 2. The predicted molar refractivity (Wildman–Crippen MR) is 136 cm³/mol. The number of allylic oxidation sites excluding steroid dienone is 4. The van der Waals surface area contributed by atoms with Crippen LogP contribution < -0.4 is 0 Å². The highest BCUT2D eigenvalue weighted by Gasteiger charge is 2.69. The molecule has 7 atom stereocenters. The Bertz CT molecular complexity index is 1100.